The summed E-state index contributed by atoms with van der Waals surface area (Å²) < 4.78 is 9.81. The van der Waals surface area contributed by atoms with E-state index in [1.807, 2.05) is 0 Å². The molecule has 0 aromatic carbocycles. The molecule has 0 fully saturated rings. The van der Waals surface area contributed by atoms with Gasteiger partial charge in [-0.15, -0.1) is 0 Å². The van der Waals surface area contributed by atoms with E-state index >= 15 is 0 Å². The fraction of sp³-hybridized carbons (Fsp3) is 0.500. The van der Waals surface area contributed by atoms with Crippen molar-refractivity contribution in [2.24, 2.45) is 0 Å². The second-order valence-electron chi connectivity index (χ2n) is 2.93. The van der Waals surface area contributed by atoms with Gasteiger partial charge >= 0.3 is 0 Å². The summed E-state index contributed by atoms with van der Waals surface area (Å²) >= 11 is 0. The third-order valence-electron chi connectivity index (χ3n) is 1.87. The van der Waals surface area contributed by atoms with Crippen molar-refractivity contribution in [2.75, 3.05) is 20.8 Å². The lowest BCUT2D eigenvalue weighted by Gasteiger charge is -2.04. The lowest BCUT2D eigenvalue weighted by atomic mass is 10.2. The molecule has 0 aliphatic carbocycles. The molecular formula is C10H14N2O3. The topological polar surface area (TPSA) is 61.3 Å². The molecule has 0 aliphatic heterocycles. The number of aromatic nitrogens is 2. The first-order valence-electron chi connectivity index (χ1n) is 4.66. The molecule has 5 heteroatoms. The molecule has 0 radical (unpaired) electrons. The van der Waals surface area contributed by atoms with Gasteiger partial charge in [0, 0.05) is 32.5 Å². The fourth-order valence-electron chi connectivity index (χ4n) is 1.16. The number of Topliss-reactive ketones (excluding diaryl/α,β-unsaturated/α-hetero) is 1. The molecule has 0 bridgehead atoms. The molecule has 1 rings (SSSR count). The van der Waals surface area contributed by atoms with E-state index in [-0.39, 0.29) is 17.4 Å². The second kappa shape index (κ2) is 6.08. The average Bonchev–Trinajstić information content (AvgIpc) is 2.29. The zero-order chi connectivity index (χ0) is 11.1. The van der Waals surface area contributed by atoms with Crippen LogP contribution in [0.1, 0.15) is 23.3 Å². The molecule has 0 unspecified atom stereocenters. The van der Waals surface area contributed by atoms with E-state index in [2.05, 4.69) is 9.97 Å². The summed E-state index contributed by atoms with van der Waals surface area (Å²) in [7, 11) is 3.07. The van der Waals surface area contributed by atoms with Crippen molar-refractivity contribution >= 4 is 5.78 Å². The third-order valence-corrected chi connectivity index (χ3v) is 1.87. The Balaban J connectivity index is 2.64. The van der Waals surface area contributed by atoms with Crippen molar-refractivity contribution < 1.29 is 14.3 Å². The maximum Gasteiger partial charge on any atom is 0.243 e. The van der Waals surface area contributed by atoms with Gasteiger partial charge in [-0.05, 0) is 6.42 Å². The van der Waals surface area contributed by atoms with Crippen LogP contribution in [0, 0.1) is 0 Å². The zero-order valence-electron chi connectivity index (χ0n) is 8.90. The van der Waals surface area contributed by atoms with Gasteiger partial charge in [0.25, 0.3) is 0 Å². The summed E-state index contributed by atoms with van der Waals surface area (Å²) in [6.45, 7) is 0.564. The summed E-state index contributed by atoms with van der Waals surface area (Å²) in [6.07, 6.45) is 4.04. The molecule has 0 amide bonds. The molecule has 15 heavy (non-hydrogen) atoms. The lowest BCUT2D eigenvalue weighted by Crippen LogP contribution is -2.07. The molecule has 0 saturated carbocycles. The van der Waals surface area contributed by atoms with Crippen LogP contribution in [0.3, 0.4) is 0 Å². The normalized spacial score (nSPS) is 10.0. The smallest absolute Gasteiger partial charge is 0.243 e. The van der Waals surface area contributed by atoms with Gasteiger partial charge in [0.1, 0.15) is 0 Å². The molecule has 0 N–H and O–H groups in total. The summed E-state index contributed by atoms with van der Waals surface area (Å²) in [4.78, 5) is 19.5. The van der Waals surface area contributed by atoms with Crippen LogP contribution in [0.4, 0.5) is 0 Å². The molecule has 0 atom stereocenters. The number of ether oxygens (including phenoxy) is 2. The Kier molecular flexibility index (Phi) is 4.70. The molecular weight excluding hydrogens is 196 g/mol. The first-order valence-corrected chi connectivity index (χ1v) is 4.66. The highest BCUT2D eigenvalue weighted by Gasteiger charge is 2.13. The Labute approximate surface area is 88.4 Å². The van der Waals surface area contributed by atoms with E-state index in [4.69, 9.17) is 9.47 Å². The highest BCUT2D eigenvalue weighted by atomic mass is 16.5. The minimum absolute atomic E-state index is 0.0722. The van der Waals surface area contributed by atoms with Gasteiger partial charge < -0.3 is 9.47 Å². The van der Waals surface area contributed by atoms with Gasteiger partial charge in [-0.1, -0.05) is 0 Å². The van der Waals surface area contributed by atoms with Gasteiger partial charge in [0.15, 0.2) is 11.5 Å². The second-order valence-corrected chi connectivity index (χ2v) is 2.93. The van der Waals surface area contributed by atoms with Gasteiger partial charge in [-0.3, -0.25) is 4.79 Å². The maximum absolute atomic E-state index is 11.7. The first-order chi connectivity index (χ1) is 7.29. The Bertz CT molecular complexity index is 328. The predicted octanol–water partition coefficient (Wildman–Crippen LogP) is 1.09. The SMILES string of the molecule is COCCCC(=O)c1nccnc1OC. The summed E-state index contributed by atoms with van der Waals surface area (Å²) in [5, 5.41) is 0. The van der Waals surface area contributed by atoms with Crippen molar-refractivity contribution in [1.29, 1.82) is 0 Å². The molecule has 0 saturated heterocycles. The largest absolute Gasteiger partial charge is 0.479 e. The van der Waals surface area contributed by atoms with Gasteiger partial charge in [0.2, 0.25) is 5.88 Å². The Morgan fingerprint density at radius 2 is 2.07 bits per heavy atom. The van der Waals surface area contributed by atoms with Crippen molar-refractivity contribution in [3.05, 3.63) is 18.1 Å². The number of hydrogen-bond donors (Lipinski definition) is 0. The average molecular weight is 210 g/mol. The Hall–Kier alpha value is -1.49. The molecule has 5 nitrogen and oxygen atoms in total. The first kappa shape index (κ1) is 11.6. The quantitative estimate of drug-likeness (QED) is 0.519. The number of hydrogen-bond acceptors (Lipinski definition) is 5. The molecule has 1 heterocycles. The minimum atomic E-state index is -0.0722. The van der Waals surface area contributed by atoms with Crippen LogP contribution >= 0.6 is 0 Å². The Morgan fingerprint density at radius 1 is 1.33 bits per heavy atom. The monoisotopic (exact) mass is 210 g/mol. The number of ketones is 1. The van der Waals surface area contributed by atoms with Gasteiger partial charge in [0.05, 0.1) is 7.11 Å². The van der Waals surface area contributed by atoms with Gasteiger partial charge in [-0.25, -0.2) is 9.97 Å². The molecule has 1 aromatic heterocycles. The fourth-order valence-corrected chi connectivity index (χ4v) is 1.16. The molecule has 1 aromatic rings. The maximum atomic E-state index is 11.7. The summed E-state index contributed by atoms with van der Waals surface area (Å²) in [5.74, 6) is 0.205. The van der Waals surface area contributed by atoms with E-state index in [9.17, 15) is 4.79 Å². The van der Waals surface area contributed by atoms with E-state index in [1.54, 1.807) is 7.11 Å². The molecule has 0 spiro atoms. The van der Waals surface area contributed by atoms with Crippen LogP contribution in [0.25, 0.3) is 0 Å². The van der Waals surface area contributed by atoms with Gasteiger partial charge in [-0.2, -0.15) is 0 Å². The molecule has 82 valence electrons. The van der Waals surface area contributed by atoms with Crippen LogP contribution < -0.4 is 4.74 Å². The van der Waals surface area contributed by atoms with Crippen LogP contribution in [-0.2, 0) is 4.74 Å². The summed E-state index contributed by atoms with van der Waals surface area (Å²) in [5.41, 5.74) is 0.288. The minimum Gasteiger partial charge on any atom is -0.479 e. The number of nitrogens with zero attached hydrogens (tertiary/aromatic N) is 2. The van der Waals surface area contributed by atoms with Crippen LogP contribution in [-0.4, -0.2) is 36.6 Å². The van der Waals surface area contributed by atoms with E-state index < -0.39 is 0 Å². The van der Waals surface area contributed by atoms with Crippen LogP contribution in [0.5, 0.6) is 5.88 Å². The zero-order valence-corrected chi connectivity index (χ0v) is 8.90. The lowest BCUT2D eigenvalue weighted by molar-refractivity contribution is 0.0954. The van der Waals surface area contributed by atoms with Crippen molar-refractivity contribution in [3.8, 4) is 5.88 Å². The number of rotatable bonds is 6. The van der Waals surface area contributed by atoms with Crippen molar-refractivity contribution in [3.63, 3.8) is 0 Å². The van der Waals surface area contributed by atoms with E-state index in [0.29, 0.717) is 19.4 Å². The predicted molar refractivity (Wildman–Crippen MR) is 54.0 cm³/mol. The Morgan fingerprint density at radius 3 is 2.73 bits per heavy atom. The third kappa shape index (κ3) is 3.28. The molecule has 0 aliphatic rings. The van der Waals surface area contributed by atoms with Crippen molar-refractivity contribution in [2.45, 2.75) is 12.8 Å². The standard InChI is InChI=1S/C10H14N2O3/c1-14-7-3-4-8(13)9-10(15-2)12-6-5-11-9/h5-6H,3-4,7H2,1-2H3. The van der Waals surface area contributed by atoms with E-state index in [0.717, 1.165) is 0 Å². The summed E-state index contributed by atoms with van der Waals surface area (Å²) in [6, 6.07) is 0. The highest BCUT2D eigenvalue weighted by Crippen LogP contribution is 2.13. The van der Waals surface area contributed by atoms with Crippen molar-refractivity contribution in [1.82, 2.24) is 9.97 Å². The van der Waals surface area contributed by atoms with Crippen LogP contribution in [0.2, 0.25) is 0 Å². The van der Waals surface area contributed by atoms with E-state index in [1.165, 1.54) is 19.5 Å². The number of methoxy groups -OCH3 is 2. The number of carbonyl (C=O) groups excluding carboxylic acids is 1. The number of carbonyl (C=O) groups is 1. The van der Waals surface area contributed by atoms with Crippen LogP contribution in [0.15, 0.2) is 12.4 Å². The highest BCUT2D eigenvalue weighted by molar-refractivity contribution is 5.96.